The van der Waals surface area contributed by atoms with Gasteiger partial charge >= 0.3 is 0 Å². The molecule has 0 aliphatic carbocycles. The van der Waals surface area contributed by atoms with Gasteiger partial charge in [0.1, 0.15) is 11.6 Å². The van der Waals surface area contributed by atoms with E-state index in [0.717, 1.165) is 28.2 Å². The second kappa shape index (κ2) is 7.67. The van der Waals surface area contributed by atoms with E-state index in [2.05, 4.69) is 40.5 Å². The minimum atomic E-state index is -0.544. The van der Waals surface area contributed by atoms with E-state index in [1.807, 2.05) is 42.0 Å². The molecule has 3 heterocycles. The lowest BCUT2D eigenvalue weighted by Crippen LogP contribution is -2.33. The monoisotopic (exact) mass is 427 g/mol. The third-order valence-electron chi connectivity index (χ3n) is 6.19. The molecule has 1 amide bonds. The highest BCUT2D eigenvalue weighted by Gasteiger charge is 2.23. The van der Waals surface area contributed by atoms with Crippen LogP contribution in [0.1, 0.15) is 24.1 Å². The second-order valence-corrected chi connectivity index (χ2v) is 8.30. The highest BCUT2D eigenvalue weighted by molar-refractivity contribution is 6.08. The molecule has 1 atom stereocenters. The molecular weight excluding hydrogens is 402 g/mol. The van der Waals surface area contributed by atoms with Crippen molar-refractivity contribution < 1.29 is 4.79 Å². The van der Waals surface area contributed by atoms with Gasteiger partial charge in [-0.05, 0) is 44.0 Å². The molecule has 0 radical (unpaired) electrons. The van der Waals surface area contributed by atoms with Gasteiger partial charge < -0.3 is 14.9 Å². The summed E-state index contributed by atoms with van der Waals surface area (Å²) in [5.41, 5.74) is 4.61. The number of hydrogen-bond acceptors (Lipinski definition) is 3. The van der Waals surface area contributed by atoms with Gasteiger partial charge in [-0.2, -0.15) is 5.10 Å². The van der Waals surface area contributed by atoms with Crippen LogP contribution in [0.15, 0.2) is 59.7 Å². The third-order valence-corrected chi connectivity index (χ3v) is 6.19. The summed E-state index contributed by atoms with van der Waals surface area (Å²) in [5, 5.41) is 10.1. The van der Waals surface area contributed by atoms with E-state index in [1.54, 1.807) is 13.2 Å². The minimum Gasteiger partial charge on any atom is -0.361 e. The Morgan fingerprint density at radius 3 is 2.81 bits per heavy atom. The fourth-order valence-corrected chi connectivity index (χ4v) is 4.47. The van der Waals surface area contributed by atoms with Gasteiger partial charge in [-0.3, -0.25) is 9.59 Å². The summed E-state index contributed by atoms with van der Waals surface area (Å²) in [6.45, 7) is 4.42. The number of aryl methyl sites for hydroxylation is 2. The van der Waals surface area contributed by atoms with E-state index in [-0.39, 0.29) is 11.5 Å². The number of para-hydroxylation sites is 1. The predicted molar refractivity (Wildman–Crippen MR) is 127 cm³/mol. The number of aromatic amines is 1. The molecule has 0 spiro atoms. The number of benzene rings is 2. The van der Waals surface area contributed by atoms with Crippen molar-refractivity contribution in [1.29, 1.82) is 0 Å². The Balaban J connectivity index is 1.43. The minimum absolute atomic E-state index is 0.123. The van der Waals surface area contributed by atoms with Gasteiger partial charge in [0.05, 0.1) is 11.7 Å². The molecule has 0 fully saturated rings. The highest BCUT2D eigenvalue weighted by Crippen LogP contribution is 2.29. The van der Waals surface area contributed by atoms with E-state index in [0.29, 0.717) is 12.1 Å². The molecule has 162 valence electrons. The average molecular weight is 428 g/mol. The standard InChI is InChI=1S/C25H25N5O2/c1-15-8-9-21-19(12-15)17(13-27-21)10-11-26-24(31)16(2)30-22-7-5-4-6-18(22)20-14-28-29(3)25(32)23(20)30/h4-9,12-14,16,27H,10-11H2,1-3H3,(H,26,31). The number of aromatic nitrogens is 4. The SMILES string of the molecule is Cc1ccc2[nH]cc(CCNC(=O)C(C)n3c4ccccc4c4cnn(C)c(=O)c43)c2c1. The van der Waals surface area contributed by atoms with Gasteiger partial charge in [-0.1, -0.05) is 29.8 Å². The molecule has 5 aromatic rings. The maximum absolute atomic E-state index is 13.1. The number of hydrogen-bond donors (Lipinski definition) is 2. The summed E-state index contributed by atoms with van der Waals surface area (Å²) in [6.07, 6.45) is 4.42. The average Bonchev–Trinajstić information content (AvgIpc) is 3.34. The first kappa shape index (κ1) is 20.1. The number of fused-ring (bicyclic) bond motifs is 4. The smallest absolute Gasteiger partial charge is 0.291 e. The molecule has 0 bridgehead atoms. The molecule has 7 nitrogen and oxygen atoms in total. The van der Waals surface area contributed by atoms with Gasteiger partial charge in [-0.15, -0.1) is 0 Å². The normalized spacial score (nSPS) is 12.6. The molecule has 1 unspecified atom stereocenters. The number of amides is 1. The summed E-state index contributed by atoms with van der Waals surface area (Å²) in [5.74, 6) is -0.123. The van der Waals surface area contributed by atoms with Crippen LogP contribution in [0.2, 0.25) is 0 Å². The maximum Gasteiger partial charge on any atom is 0.291 e. The zero-order valence-corrected chi connectivity index (χ0v) is 18.3. The lowest BCUT2D eigenvalue weighted by molar-refractivity contribution is -0.123. The van der Waals surface area contributed by atoms with Crippen LogP contribution in [0.5, 0.6) is 0 Å². The quantitative estimate of drug-likeness (QED) is 0.449. The van der Waals surface area contributed by atoms with Crippen molar-refractivity contribution in [3.05, 3.63) is 76.3 Å². The number of rotatable bonds is 5. The van der Waals surface area contributed by atoms with Crippen LogP contribution in [-0.2, 0) is 18.3 Å². The van der Waals surface area contributed by atoms with E-state index in [4.69, 9.17) is 0 Å². The summed E-state index contributed by atoms with van der Waals surface area (Å²) >= 11 is 0. The van der Waals surface area contributed by atoms with E-state index < -0.39 is 6.04 Å². The Kier molecular flexibility index (Phi) is 4.81. The maximum atomic E-state index is 13.1. The van der Waals surface area contributed by atoms with Crippen molar-refractivity contribution in [1.82, 2.24) is 24.6 Å². The highest BCUT2D eigenvalue weighted by atomic mass is 16.2. The van der Waals surface area contributed by atoms with E-state index in [1.165, 1.54) is 21.2 Å². The molecule has 32 heavy (non-hydrogen) atoms. The molecule has 0 aliphatic rings. The fraction of sp³-hybridized carbons (Fsp3) is 0.240. The largest absolute Gasteiger partial charge is 0.361 e. The zero-order chi connectivity index (χ0) is 22.4. The van der Waals surface area contributed by atoms with Crippen molar-refractivity contribution >= 4 is 38.6 Å². The summed E-state index contributed by atoms with van der Waals surface area (Å²) < 4.78 is 3.14. The van der Waals surface area contributed by atoms with Crippen LogP contribution in [0.4, 0.5) is 0 Å². The van der Waals surface area contributed by atoms with Gasteiger partial charge in [0.15, 0.2) is 0 Å². The fourth-order valence-electron chi connectivity index (χ4n) is 4.47. The number of carbonyl (C=O) groups is 1. The van der Waals surface area contributed by atoms with E-state index >= 15 is 0 Å². The molecule has 3 aromatic heterocycles. The first-order valence-corrected chi connectivity index (χ1v) is 10.7. The molecule has 2 N–H and O–H groups in total. The summed E-state index contributed by atoms with van der Waals surface area (Å²) in [7, 11) is 1.62. The van der Waals surface area contributed by atoms with Crippen LogP contribution in [0.25, 0.3) is 32.7 Å². The number of H-pyrrole nitrogens is 1. The van der Waals surface area contributed by atoms with Crippen LogP contribution in [-0.4, -0.2) is 31.8 Å². The van der Waals surface area contributed by atoms with Gasteiger partial charge in [-0.25, -0.2) is 4.68 Å². The molecular formula is C25H25N5O2. The number of carbonyl (C=O) groups excluding carboxylic acids is 1. The van der Waals surface area contributed by atoms with Crippen molar-refractivity contribution in [2.45, 2.75) is 26.3 Å². The molecule has 2 aromatic carbocycles. The van der Waals surface area contributed by atoms with Crippen LogP contribution in [0, 0.1) is 6.92 Å². The summed E-state index contributed by atoms with van der Waals surface area (Å²) in [6, 6.07) is 13.5. The van der Waals surface area contributed by atoms with Crippen LogP contribution < -0.4 is 10.9 Å². The van der Waals surface area contributed by atoms with Gasteiger partial charge in [0, 0.05) is 41.5 Å². The molecule has 7 heteroatoms. The van der Waals surface area contributed by atoms with Crippen molar-refractivity contribution in [3.63, 3.8) is 0 Å². The van der Waals surface area contributed by atoms with Crippen molar-refractivity contribution in [2.24, 2.45) is 7.05 Å². The van der Waals surface area contributed by atoms with Crippen molar-refractivity contribution in [3.8, 4) is 0 Å². The Morgan fingerprint density at radius 2 is 1.97 bits per heavy atom. The predicted octanol–water partition coefficient (Wildman–Crippen LogP) is 3.60. The van der Waals surface area contributed by atoms with Gasteiger partial charge in [0.2, 0.25) is 5.91 Å². The number of nitrogens with zero attached hydrogens (tertiary/aromatic N) is 3. The summed E-state index contributed by atoms with van der Waals surface area (Å²) in [4.78, 5) is 29.3. The Hall–Kier alpha value is -3.87. The Labute approximate surface area is 184 Å². The second-order valence-electron chi connectivity index (χ2n) is 8.30. The molecule has 5 rings (SSSR count). The number of nitrogens with one attached hydrogen (secondary N) is 2. The Bertz CT molecular complexity index is 1540. The lowest BCUT2D eigenvalue weighted by Gasteiger charge is -2.16. The first-order chi connectivity index (χ1) is 15.5. The lowest BCUT2D eigenvalue weighted by atomic mass is 10.1. The van der Waals surface area contributed by atoms with Crippen molar-refractivity contribution in [2.75, 3.05) is 6.54 Å². The van der Waals surface area contributed by atoms with Crippen LogP contribution in [0.3, 0.4) is 0 Å². The van der Waals surface area contributed by atoms with Crippen LogP contribution >= 0.6 is 0 Å². The zero-order valence-electron chi connectivity index (χ0n) is 18.3. The molecule has 0 aliphatic heterocycles. The van der Waals surface area contributed by atoms with E-state index in [9.17, 15) is 9.59 Å². The van der Waals surface area contributed by atoms with Gasteiger partial charge in [0.25, 0.3) is 5.56 Å². The Morgan fingerprint density at radius 1 is 1.16 bits per heavy atom. The first-order valence-electron chi connectivity index (χ1n) is 10.7. The topological polar surface area (TPSA) is 84.7 Å². The molecule has 0 saturated heterocycles. The third kappa shape index (κ3) is 3.17. The molecule has 0 saturated carbocycles.